The molecule has 2 aliphatic rings. The number of nitriles is 2. The van der Waals surface area contributed by atoms with E-state index in [1.165, 1.54) is 0 Å². The van der Waals surface area contributed by atoms with Crippen LogP contribution < -0.4 is 28.3 Å². The standard InChI is InChI=1S/C33H60N8O2/c1-19(2)25(16-35)32(39)41-28-14-27(37)24(30(38)31(28)43-21(4)29(42)15-33(5,6)7)13-23-12-22(8-9-26(23)36)18-40-17-20(3)10-11-34/h15,19-28,30-31,40,42H,8-10,12-14,17-18,36-38H2,1-7H3,(H2,39,41)/b29-15+. The molecule has 0 radical (unpaired) electrons. The summed E-state index contributed by atoms with van der Waals surface area (Å²) in [5, 5.41) is 33.0. The van der Waals surface area contributed by atoms with Gasteiger partial charge in [-0.15, -0.1) is 0 Å². The highest BCUT2D eigenvalue weighted by atomic mass is 16.5. The molecule has 2 fully saturated rings. The molecule has 0 aromatic carbocycles. The Balaban J connectivity index is 2.26. The van der Waals surface area contributed by atoms with Gasteiger partial charge in [-0.25, -0.2) is 0 Å². The van der Waals surface area contributed by atoms with Gasteiger partial charge in [-0.2, -0.15) is 10.5 Å². The number of allylic oxidation sites excluding steroid dienone is 1. The molecule has 2 saturated carbocycles. The molecule has 11 unspecified atom stereocenters. The molecule has 2 rings (SSSR count). The predicted molar refractivity (Wildman–Crippen MR) is 174 cm³/mol. The van der Waals surface area contributed by atoms with Gasteiger partial charge in [0.2, 0.25) is 0 Å². The molecule has 0 saturated heterocycles. The quantitative estimate of drug-likeness (QED) is 0.103. The second kappa shape index (κ2) is 16.7. The van der Waals surface area contributed by atoms with Crippen LogP contribution in [-0.4, -0.2) is 60.4 Å². The maximum Gasteiger partial charge on any atom is 0.117 e. The lowest BCUT2D eigenvalue weighted by Gasteiger charge is -2.46. The molecule has 0 aromatic heterocycles. The maximum atomic E-state index is 10.8. The summed E-state index contributed by atoms with van der Waals surface area (Å²) in [7, 11) is 0. The number of nitrogens with one attached hydrogen (secondary N) is 1. The van der Waals surface area contributed by atoms with Gasteiger partial charge in [0.1, 0.15) is 23.6 Å². The van der Waals surface area contributed by atoms with E-state index < -0.39 is 30.2 Å². The Kier molecular flexibility index (Phi) is 14.4. The monoisotopic (exact) mass is 600 g/mol. The van der Waals surface area contributed by atoms with Crippen LogP contribution in [0.1, 0.15) is 87.0 Å². The van der Waals surface area contributed by atoms with Gasteiger partial charge in [-0.05, 0) is 93.2 Å². The third kappa shape index (κ3) is 11.3. The number of aliphatic hydroxyl groups is 1. The average molecular weight is 601 g/mol. The average Bonchev–Trinajstić information content (AvgIpc) is 2.89. The van der Waals surface area contributed by atoms with E-state index in [1.54, 1.807) is 6.08 Å². The fourth-order valence-electron chi connectivity index (χ4n) is 6.66. The van der Waals surface area contributed by atoms with Crippen LogP contribution in [0.2, 0.25) is 0 Å². The van der Waals surface area contributed by atoms with Crippen molar-refractivity contribution < 1.29 is 9.84 Å². The number of hydrogen-bond acceptors (Lipinski definition) is 9. The number of hydrogen-bond donors (Lipinski definition) is 6. The number of aliphatic imine (C=N–C) groups is 1. The smallest absolute Gasteiger partial charge is 0.117 e. The van der Waals surface area contributed by atoms with Crippen molar-refractivity contribution in [2.45, 2.75) is 123 Å². The molecule has 10 nitrogen and oxygen atoms in total. The molecule has 0 bridgehead atoms. The van der Waals surface area contributed by atoms with E-state index in [-0.39, 0.29) is 46.8 Å². The van der Waals surface area contributed by atoms with Crippen LogP contribution in [0.15, 0.2) is 16.8 Å². The molecule has 0 aliphatic heterocycles. The van der Waals surface area contributed by atoms with E-state index in [0.717, 1.165) is 38.8 Å². The van der Waals surface area contributed by atoms with Gasteiger partial charge >= 0.3 is 0 Å². The molecular formula is C33H60N8O2. The molecule has 244 valence electrons. The summed E-state index contributed by atoms with van der Waals surface area (Å²) in [6, 6.07) is 3.47. The second-order valence-electron chi connectivity index (χ2n) is 14.8. The minimum absolute atomic E-state index is 0.00859. The second-order valence-corrected chi connectivity index (χ2v) is 14.8. The topological polar surface area (TPSA) is 206 Å². The van der Waals surface area contributed by atoms with Crippen molar-refractivity contribution in [1.82, 2.24) is 5.32 Å². The normalized spacial score (nSPS) is 33.0. The van der Waals surface area contributed by atoms with Gasteiger partial charge in [0.25, 0.3) is 0 Å². The summed E-state index contributed by atoms with van der Waals surface area (Å²) in [5.41, 5.74) is 26.6. The predicted octanol–water partition coefficient (Wildman–Crippen LogP) is 3.72. The summed E-state index contributed by atoms with van der Waals surface area (Å²) < 4.78 is 6.50. The van der Waals surface area contributed by atoms with Gasteiger partial charge in [0.05, 0.1) is 24.3 Å². The van der Waals surface area contributed by atoms with E-state index >= 15 is 0 Å². The Labute approximate surface area is 260 Å². The van der Waals surface area contributed by atoms with Crippen molar-refractivity contribution >= 4 is 5.84 Å². The third-order valence-corrected chi connectivity index (χ3v) is 9.20. The van der Waals surface area contributed by atoms with E-state index in [1.807, 2.05) is 41.5 Å². The Morgan fingerprint density at radius 3 is 2.35 bits per heavy atom. The van der Waals surface area contributed by atoms with E-state index in [9.17, 15) is 10.4 Å². The van der Waals surface area contributed by atoms with Crippen LogP contribution in [0.5, 0.6) is 0 Å². The summed E-state index contributed by atoms with van der Waals surface area (Å²) in [4.78, 5) is 4.80. The van der Waals surface area contributed by atoms with Gasteiger partial charge in [0, 0.05) is 24.5 Å². The minimum Gasteiger partial charge on any atom is -0.510 e. The highest BCUT2D eigenvalue weighted by Crippen LogP contribution is 2.38. The van der Waals surface area contributed by atoms with Crippen LogP contribution in [0.4, 0.5) is 0 Å². The molecule has 0 heterocycles. The first-order valence-electron chi connectivity index (χ1n) is 16.2. The minimum atomic E-state index is -0.600. The van der Waals surface area contributed by atoms with Crippen molar-refractivity contribution in [2.24, 2.45) is 68.8 Å². The van der Waals surface area contributed by atoms with Crippen LogP contribution in [0.3, 0.4) is 0 Å². The van der Waals surface area contributed by atoms with Crippen molar-refractivity contribution in [3.05, 3.63) is 11.8 Å². The Morgan fingerprint density at radius 1 is 1.09 bits per heavy atom. The Hall–Kier alpha value is -2.21. The molecule has 0 aromatic rings. The summed E-state index contributed by atoms with van der Waals surface area (Å²) in [6.07, 6.45) is 5.55. The fraction of sp³-hybridized carbons (Fsp3) is 0.848. The van der Waals surface area contributed by atoms with Crippen molar-refractivity contribution in [3.63, 3.8) is 0 Å². The molecule has 0 amide bonds. The summed E-state index contributed by atoms with van der Waals surface area (Å²) in [5.74, 6) is 0.973. The highest BCUT2D eigenvalue weighted by Gasteiger charge is 2.45. The number of nitrogens with zero attached hydrogens (tertiary/aromatic N) is 3. The zero-order valence-electron chi connectivity index (χ0n) is 27.7. The van der Waals surface area contributed by atoms with Crippen LogP contribution in [0, 0.1) is 63.6 Å². The lowest BCUT2D eigenvalue weighted by atomic mass is 9.68. The lowest BCUT2D eigenvalue weighted by Crippen LogP contribution is -2.61. The number of aliphatic hydroxyl groups excluding tert-OH is 1. The summed E-state index contributed by atoms with van der Waals surface area (Å²) >= 11 is 0. The zero-order chi connectivity index (χ0) is 32.5. The van der Waals surface area contributed by atoms with Gasteiger partial charge in [-0.3, -0.25) is 4.99 Å². The van der Waals surface area contributed by atoms with E-state index in [0.29, 0.717) is 24.7 Å². The third-order valence-electron chi connectivity index (χ3n) is 9.20. The number of rotatable bonds is 13. The van der Waals surface area contributed by atoms with E-state index in [2.05, 4.69) is 24.4 Å². The van der Waals surface area contributed by atoms with Crippen molar-refractivity contribution in [2.75, 3.05) is 13.1 Å². The number of amidine groups is 1. The molecule has 10 heteroatoms. The zero-order valence-corrected chi connectivity index (χ0v) is 27.7. The maximum absolute atomic E-state index is 10.8. The molecule has 10 N–H and O–H groups in total. The first-order chi connectivity index (χ1) is 20.1. The van der Waals surface area contributed by atoms with E-state index in [4.69, 9.17) is 37.9 Å². The molecule has 43 heavy (non-hydrogen) atoms. The first-order valence-corrected chi connectivity index (χ1v) is 16.2. The van der Waals surface area contributed by atoms with Crippen molar-refractivity contribution in [3.8, 4) is 12.1 Å². The van der Waals surface area contributed by atoms with Gasteiger partial charge in [-0.1, -0.05) is 41.5 Å². The first kappa shape index (κ1) is 37.0. The lowest BCUT2D eigenvalue weighted by molar-refractivity contribution is -0.0612. The number of nitrogens with two attached hydrogens (primary N) is 4. The number of ether oxygens (including phenoxy) is 1. The molecule has 2 aliphatic carbocycles. The van der Waals surface area contributed by atoms with Crippen LogP contribution in [0.25, 0.3) is 0 Å². The molecular weight excluding hydrogens is 540 g/mol. The fourth-order valence-corrected chi connectivity index (χ4v) is 6.66. The Morgan fingerprint density at radius 2 is 1.77 bits per heavy atom. The molecule has 0 spiro atoms. The van der Waals surface area contributed by atoms with Crippen LogP contribution in [-0.2, 0) is 4.74 Å². The summed E-state index contributed by atoms with van der Waals surface area (Å²) in [6.45, 7) is 15.6. The van der Waals surface area contributed by atoms with Gasteiger partial charge < -0.3 is 38.1 Å². The highest BCUT2D eigenvalue weighted by molar-refractivity contribution is 5.85. The van der Waals surface area contributed by atoms with Gasteiger partial charge in [0.15, 0.2) is 0 Å². The van der Waals surface area contributed by atoms with Crippen LogP contribution >= 0.6 is 0 Å². The van der Waals surface area contributed by atoms with Crippen molar-refractivity contribution in [1.29, 1.82) is 10.5 Å². The largest absolute Gasteiger partial charge is 0.510 e. The molecule has 11 atom stereocenters. The Bertz CT molecular complexity index is 1010. The SMILES string of the molecule is CC(CC#N)CNCC1CCC(N)C(CC2C(N)CC(N=C(N)C(C#N)C(C)C)C(OC(C)/C(O)=C\C(C)(C)C)C2N)C1.